The van der Waals surface area contributed by atoms with Crippen LogP contribution in [0.5, 0.6) is 0 Å². The van der Waals surface area contributed by atoms with Crippen LogP contribution in [0.2, 0.25) is 0 Å². The van der Waals surface area contributed by atoms with E-state index in [0.29, 0.717) is 18.9 Å². The SMILES string of the molecule is CCN=C1NC(=O)C(CC)(c2ccc(F)cc2)N1. The Kier molecular flexibility index (Phi) is 3.32. The summed E-state index contributed by atoms with van der Waals surface area (Å²) in [5.74, 6) is 0.0170. The van der Waals surface area contributed by atoms with E-state index in [1.807, 2.05) is 13.8 Å². The van der Waals surface area contributed by atoms with E-state index in [1.54, 1.807) is 12.1 Å². The molecule has 0 radical (unpaired) electrons. The van der Waals surface area contributed by atoms with Gasteiger partial charge in [0.2, 0.25) is 0 Å². The Balaban J connectivity index is 2.40. The molecule has 2 rings (SSSR count). The van der Waals surface area contributed by atoms with Crippen LogP contribution in [0.4, 0.5) is 4.39 Å². The number of carbonyl (C=O) groups is 1. The number of halogens is 1. The fourth-order valence-electron chi connectivity index (χ4n) is 2.13. The van der Waals surface area contributed by atoms with E-state index in [9.17, 15) is 9.18 Å². The van der Waals surface area contributed by atoms with Crippen LogP contribution in [-0.2, 0) is 10.3 Å². The first kappa shape index (κ1) is 12.5. The number of rotatable bonds is 3. The Morgan fingerprint density at radius 1 is 1.28 bits per heavy atom. The summed E-state index contributed by atoms with van der Waals surface area (Å²) in [6.07, 6.45) is 0.563. The Bertz CT molecular complexity index is 484. The molecule has 5 heteroatoms. The van der Waals surface area contributed by atoms with E-state index in [2.05, 4.69) is 15.6 Å². The van der Waals surface area contributed by atoms with Crippen LogP contribution in [0.3, 0.4) is 0 Å². The summed E-state index contributed by atoms with van der Waals surface area (Å²) in [4.78, 5) is 16.3. The number of aliphatic imine (C=N–C) groups is 1. The maximum Gasteiger partial charge on any atom is 0.257 e. The second kappa shape index (κ2) is 4.76. The average Bonchev–Trinajstić information content (AvgIpc) is 2.68. The summed E-state index contributed by atoms with van der Waals surface area (Å²) in [7, 11) is 0. The highest BCUT2D eigenvalue weighted by Gasteiger charge is 2.44. The monoisotopic (exact) mass is 249 g/mol. The number of hydrogen-bond donors (Lipinski definition) is 2. The van der Waals surface area contributed by atoms with Crippen LogP contribution in [0.15, 0.2) is 29.3 Å². The molecule has 1 aromatic rings. The first-order chi connectivity index (χ1) is 8.62. The van der Waals surface area contributed by atoms with Gasteiger partial charge in [-0.25, -0.2) is 4.39 Å². The molecule has 1 atom stereocenters. The minimum absolute atomic E-state index is 0.149. The lowest BCUT2D eigenvalue weighted by molar-refractivity contribution is -0.124. The van der Waals surface area contributed by atoms with Crippen LogP contribution in [0, 0.1) is 5.82 Å². The second-order valence-electron chi connectivity index (χ2n) is 4.17. The van der Waals surface area contributed by atoms with Crippen molar-refractivity contribution in [2.45, 2.75) is 25.8 Å². The quantitative estimate of drug-likeness (QED) is 0.853. The molecule has 0 spiro atoms. The zero-order chi connectivity index (χ0) is 13.2. The fraction of sp³-hybridized carbons (Fsp3) is 0.385. The van der Waals surface area contributed by atoms with Gasteiger partial charge in [-0.2, -0.15) is 0 Å². The third kappa shape index (κ3) is 1.96. The molecule has 0 aliphatic carbocycles. The van der Waals surface area contributed by atoms with Gasteiger partial charge in [0.1, 0.15) is 11.4 Å². The molecular weight excluding hydrogens is 233 g/mol. The highest BCUT2D eigenvalue weighted by molar-refractivity contribution is 6.09. The van der Waals surface area contributed by atoms with Gasteiger partial charge in [-0.3, -0.25) is 15.1 Å². The van der Waals surface area contributed by atoms with E-state index >= 15 is 0 Å². The van der Waals surface area contributed by atoms with Crippen molar-refractivity contribution >= 4 is 11.9 Å². The van der Waals surface area contributed by atoms with Gasteiger partial charge in [0, 0.05) is 6.54 Å². The summed E-state index contributed by atoms with van der Waals surface area (Å²) in [5.41, 5.74) is -0.105. The van der Waals surface area contributed by atoms with Crippen molar-refractivity contribution in [2.24, 2.45) is 4.99 Å². The molecule has 1 heterocycles. The lowest BCUT2D eigenvalue weighted by Crippen LogP contribution is -2.43. The van der Waals surface area contributed by atoms with Crippen molar-refractivity contribution in [3.05, 3.63) is 35.6 Å². The van der Waals surface area contributed by atoms with Crippen LogP contribution in [-0.4, -0.2) is 18.4 Å². The number of nitrogens with one attached hydrogen (secondary N) is 2. The Hall–Kier alpha value is -1.91. The Labute approximate surface area is 105 Å². The normalized spacial score (nSPS) is 25.1. The molecule has 0 bridgehead atoms. The predicted octanol–water partition coefficient (Wildman–Crippen LogP) is 1.53. The van der Waals surface area contributed by atoms with Crippen molar-refractivity contribution in [3.8, 4) is 0 Å². The maximum atomic E-state index is 13.0. The molecule has 0 aromatic heterocycles. The Morgan fingerprint density at radius 2 is 1.94 bits per heavy atom. The van der Waals surface area contributed by atoms with E-state index in [1.165, 1.54) is 12.1 Å². The van der Waals surface area contributed by atoms with Gasteiger partial charge in [-0.15, -0.1) is 0 Å². The average molecular weight is 249 g/mol. The van der Waals surface area contributed by atoms with Crippen LogP contribution in [0.25, 0.3) is 0 Å². The first-order valence-electron chi connectivity index (χ1n) is 6.02. The second-order valence-corrected chi connectivity index (χ2v) is 4.17. The molecule has 1 aliphatic rings. The van der Waals surface area contributed by atoms with Gasteiger partial charge in [0.25, 0.3) is 5.91 Å². The highest BCUT2D eigenvalue weighted by atomic mass is 19.1. The summed E-state index contributed by atoms with van der Waals surface area (Å²) >= 11 is 0. The zero-order valence-corrected chi connectivity index (χ0v) is 10.5. The largest absolute Gasteiger partial charge is 0.338 e. The number of guanidine groups is 1. The first-order valence-corrected chi connectivity index (χ1v) is 6.02. The van der Waals surface area contributed by atoms with Gasteiger partial charge in [0.05, 0.1) is 0 Å². The summed E-state index contributed by atoms with van der Waals surface area (Å²) < 4.78 is 13.0. The molecule has 1 fully saturated rings. The van der Waals surface area contributed by atoms with E-state index in [0.717, 1.165) is 5.56 Å². The number of carbonyl (C=O) groups excluding carboxylic acids is 1. The smallest absolute Gasteiger partial charge is 0.257 e. The van der Waals surface area contributed by atoms with Crippen LogP contribution in [0.1, 0.15) is 25.8 Å². The zero-order valence-electron chi connectivity index (χ0n) is 10.5. The highest BCUT2D eigenvalue weighted by Crippen LogP contribution is 2.28. The number of benzene rings is 1. The third-order valence-electron chi connectivity index (χ3n) is 3.13. The summed E-state index contributed by atoms with van der Waals surface area (Å²) in [6, 6.07) is 5.97. The standard InChI is InChI=1S/C13H16FN3O/c1-3-13(9-5-7-10(14)8-6-9)11(18)16-12(17-13)15-4-2/h5-8H,3-4H2,1-2H3,(H2,15,16,17,18). The van der Waals surface area contributed by atoms with Gasteiger partial charge in [-0.05, 0) is 31.0 Å². The molecule has 1 amide bonds. The molecule has 0 saturated carbocycles. The van der Waals surface area contributed by atoms with Crippen molar-refractivity contribution in [3.63, 3.8) is 0 Å². The van der Waals surface area contributed by atoms with Gasteiger partial charge >= 0.3 is 0 Å². The van der Waals surface area contributed by atoms with Crippen LogP contribution < -0.4 is 10.6 Å². The van der Waals surface area contributed by atoms with E-state index in [-0.39, 0.29) is 11.7 Å². The molecule has 18 heavy (non-hydrogen) atoms. The van der Waals surface area contributed by atoms with Gasteiger partial charge < -0.3 is 5.32 Å². The fourth-order valence-corrected chi connectivity index (χ4v) is 2.13. The Morgan fingerprint density at radius 3 is 2.50 bits per heavy atom. The summed E-state index contributed by atoms with van der Waals surface area (Å²) in [5, 5.41) is 5.82. The predicted molar refractivity (Wildman–Crippen MR) is 67.6 cm³/mol. The van der Waals surface area contributed by atoms with E-state index < -0.39 is 5.54 Å². The number of hydrogen-bond acceptors (Lipinski definition) is 2. The van der Waals surface area contributed by atoms with Gasteiger partial charge in [-0.1, -0.05) is 19.1 Å². The number of amides is 1. The van der Waals surface area contributed by atoms with Crippen molar-refractivity contribution < 1.29 is 9.18 Å². The molecule has 4 nitrogen and oxygen atoms in total. The molecule has 96 valence electrons. The molecule has 1 aromatic carbocycles. The maximum absolute atomic E-state index is 13.0. The third-order valence-corrected chi connectivity index (χ3v) is 3.13. The lowest BCUT2D eigenvalue weighted by Gasteiger charge is -2.25. The van der Waals surface area contributed by atoms with Crippen molar-refractivity contribution in [1.29, 1.82) is 0 Å². The summed E-state index contributed by atoms with van der Waals surface area (Å²) in [6.45, 7) is 4.39. The van der Waals surface area contributed by atoms with Crippen molar-refractivity contribution in [1.82, 2.24) is 10.6 Å². The van der Waals surface area contributed by atoms with E-state index in [4.69, 9.17) is 0 Å². The molecule has 1 aliphatic heterocycles. The molecule has 1 unspecified atom stereocenters. The van der Waals surface area contributed by atoms with Crippen molar-refractivity contribution in [2.75, 3.05) is 6.54 Å². The molecule has 2 N–H and O–H groups in total. The lowest BCUT2D eigenvalue weighted by atomic mass is 9.87. The topological polar surface area (TPSA) is 53.5 Å². The number of nitrogens with zero attached hydrogens (tertiary/aromatic N) is 1. The minimum atomic E-state index is -0.846. The van der Waals surface area contributed by atoms with Crippen LogP contribution >= 0.6 is 0 Å². The minimum Gasteiger partial charge on any atom is -0.338 e. The van der Waals surface area contributed by atoms with Gasteiger partial charge in [0.15, 0.2) is 5.96 Å². The molecular formula is C13H16FN3O. The molecule has 1 saturated heterocycles.